The monoisotopic (exact) mass is 344 g/mol. The van der Waals surface area contributed by atoms with Gasteiger partial charge in [0.1, 0.15) is 17.2 Å². The zero-order chi connectivity index (χ0) is 18.1. The zero-order valence-corrected chi connectivity index (χ0v) is 14.1. The maximum Gasteiger partial charge on any atom is 0.276 e. The summed E-state index contributed by atoms with van der Waals surface area (Å²) in [5, 5.41) is 0. The molecule has 0 aliphatic heterocycles. The number of hydrazine groups is 1. The highest BCUT2D eigenvalue weighted by atomic mass is 16.5. The van der Waals surface area contributed by atoms with E-state index < -0.39 is 11.8 Å². The third-order valence-electron chi connectivity index (χ3n) is 3.16. The van der Waals surface area contributed by atoms with Gasteiger partial charge >= 0.3 is 0 Å². The minimum absolute atomic E-state index is 0.206. The molecule has 0 spiro atoms. The van der Waals surface area contributed by atoms with Crippen LogP contribution in [0.2, 0.25) is 0 Å². The molecule has 132 valence electrons. The molecule has 0 heterocycles. The Balaban J connectivity index is 1.64. The summed E-state index contributed by atoms with van der Waals surface area (Å²) < 4.78 is 15.6. The van der Waals surface area contributed by atoms with Crippen molar-refractivity contribution in [1.29, 1.82) is 0 Å². The van der Waals surface area contributed by atoms with Gasteiger partial charge in [-0.2, -0.15) is 0 Å². The van der Waals surface area contributed by atoms with E-state index in [0.717, 1.165) is 5.56 Å². The summed E-state index contributed by atoms with van der Waals surface area (Å²) in [4.78, 5) is 23.3. The smallest absolute Gasteiger partial charge is 0.276 e. The number of rotatable bonds is 7. The Labute approximate surface area is 145 Å². The van der Waals surface area contributed by atoms with Gasteiger partial charge in [-0.1, -0.05) is 17.7 Å². The number of hydrogen-bond acceptors (Lipinski definition) is 5. The first kappa shape index (κ1) is 18.1. The summed E-state index contributed by atoms with van der Waals surface area (Å²) in [5.74, 6) is 0.829. The van der Waals surface area contributed by atoms with E-state index in [1.807, 2.05) is 19.1 Å². The van der Waals surface area contributed by atoms with Gasteiger partial charge in [0, 0.05) is 0 Å². The SMILES string of the molecule is COc1ccc(OCC(=O)NNC(=O)COc2ccc(C)cc2)cc1. The van der Waals surface area contributed by atoms with E-state index in [4.69, 9.17) is 14.2 Å². The fourth-order valence-corrected chi connectivity index (χ4v) is 1.82. The Kier molecular flexibility index (Phi) is 6.65. The maximum absolute atomic E-state index is 11.6. The van der Waals surface area contributed by atoms with E-state index >= 15 is 0 Å². The van der Waals surface area contributed by atoms with Gasteiger partial charge in [0.25, 0.3) is 11.8 Å². The van der Waals surface area contributed by atoms with Crippen LogP contribution in [-0.2, 0) is 9.59 Å². The Morgan fingerprint density at radius 3 is 1.60 bits per heavy atom. The molecule has 0 fully saturated rings. The molecular weight excluding hydrogens is 324 g/mol. The maximum atomic E-state index is 11.6. The van der Waals surface area contributed by atoms with E-state index in [-0.39, 0.29) is 13.2 Å². The van der Waals surface area contributed by atoms with Crippen LogP contribution in [0.25, 0.3) is 0 Å². The second-order valence-electron chi connectivity index (χ2n) is 5.16. The summed E-state index contributed by atoms with van der Waals surface area (Å²) in [6.45, 7) is 1.52. The van der Waals surface area contributed by atoms with E-state index in [9.17, 15) is 9.59 Å². The van der Waals surface area contributed by atoms with E-state index in [2.05, 4.69) is 10.9 Å². The van der Waals surface area contributed by atoms with Crippen molar-refractivity contribution in [2.24, 2.45) is 0 Å². The average Bonchev–Trinajstić information content (AvgIpc) is 2.64. The largest absolute Gasteiger partial charge is 0.497 e. The van der Waals surface area contributed by atoms with Crippen LogP contribution in [0.5, 0.6) is 17.2 Å². The molecule has 7 nitrogen and oxygen atoms in total. The normalized spacial score (nSPS) is 9.84. The molecule has 0 saturated heterocycles. The third kappa shape index (κ3) is 6.42. The molecule has 2 rings (SSSR count). The Morgan fingerprint density at radius 2 is 1.16 bits per heavy atom. The molecule has 0 saturated carbocycles. The van der Waals surface area contributed by atoms with Crippen LogP contribution < -0.4 is 25.1 Å². The topological polar surface area (TPSA) is 85.9 Å². The summed E-state index contributed by atoms with van der Waals surface area (Å²) in [5.41, 5.74) is 5.61. The molecule has 2 aromatic rings. The molecule has 0 radical (unpaired) electrons. The standard InChI is InChI=1S/C18H20N2O5/c1-13-3-5-15(6-4-13)24-11-17(21)19-20-18(22)12-25-16-9-7-14(23-2)8-10-16/h3-10H,11-12H2,1-2H3,(H,19,21)(H,20,22). The van der Waals surface area contributed by atoms with Crippen LogP contribution >= 0.6 is 0 Å². The molecule has 0 aromatic heterocycles. The van der Waals surface area contributed by atoms with Gasteiger partial charge in [0.2, 0.25) is 0 Å². The summed E-state index contributed by atoms with van der Waals surface area (Å²) >= 11 is 0. The van der Waals surface area contributed by atoms with Gasteiger partial charge in [-0.05, 0) is 43.3 Å². The van der Waals surface area contributed by atoms with Crippen LogP contribution in [0.4, 0.5) is 0 Å². The van der Waals surface area contributed by atoms with Crippen molar-refractivity contribution in [2.45, 2.75) is 6.92 Å². The van der Waals surface area contributed by atoms with Crippen molar-refractivity contribution < 1.29 is 23.8 Å². The number of carbonyl (C=O) groups excluding carboxylic acids is 2. The van der Waals surface area contributed by atoms with Gasteiger partial charge in [0.15, 0.2) is 13.2 Å². The van der Waals surface area contributed by atoms with Crippen molar-refractivity contribution >= 4 is 11.8 Å². The van der Waals surface area contributed by atoms with Gasteiger partial charge in [-0.3, -0.25) is 20.4 Å². The van der Waals surface area contributed by atoms with Gasteiger partial charge in [-0.25, -0.2) is 0 Å². The molecule has 0 aliphatic rings. The van der Waals surface area contributed by atoms with Crippen molar-refractivity contribution in [3.63, 3.8) is 0 Å². The summed E-state index contributed by atoms with van der Waals surface area (Å²) in [6.07, 6.45) is 0. The number of benzene rings is 2. The first-order chi connectivity index (χ1) is 12.1. The number of aryl methyl sites for hydroxylation is 1. The van der Waals surface area contributed by atoms with E-state index in [1.165, 1.54) is 0 Å². The minimum atomic E-state index is -0.487. The van der Waals surface area contributed by atoms with Crippen LogP contribution in [0, 0.1) is 6.92 Å². The molecule has 2 N–H and O–H groups in total. The molecule has 0 atom stereocenters. The highest BCUT2D eigenvalue weighted by Crippen LogP contribution is 2.16. The predicted octanol–water partition coefficient (Wildman–Crippen LogP) is 1.61. The van der Waals surface area contributed by atoms with Gasteiger partial charge in [0.05, 0.1) is 7.11 Å². The second kappa shape index (κ2) is 9.17. The first-order valence-corrected chi connectivity index (χ1v) is 7.61. The van der Waals surface area contributed by atoms with E-state index in [0.29, 0.717) is 17.2 Å². The molecule has 2 aromatic carbocycles. The molecule has 2 amide bonds. The lowest BCUT2D eigenvalue weighted by Gasteiger charge is -2.10. The highest BCUT2D eigenvalue weighted by molar-refractivity contribution is 5.83. The van der Waals surface area contributed by atoms with E-state index in [1.54, 1.807) is 43.5 Å². The summed E-state index contributed by atoms with van der Waals surface area (Å²) in [6, 6.07) is 14.1. The summed E-state index contributed by atoms with van der Waals surface area (Å²) in [7, 11) is 1.56. The number of nitrogens with one attached hydrogen (secondary N) is 2. The van der Waals surface area contributed by atoms with Crippen LogP contribution in [-0.4, -0.2) is 32.1 Å². The highest BCUT2D eigenvalue weighted by Gasteiger charge is 2.06. The fraction of sp³-hybridized carbons (Fsp3) is 0.222. The Hall–Kier alpha value is -3.22. The Morgan fingerprint density at radius 1 is 0.760 bits per heavy atom. The van der Waals surface area contributed by atoms with Gasteiger partial charge in [-0.15, -0.1) is 0 Å². The zero-order valence-electron chi connectivity index (χ0n) is 14.1. The lowest BCUT2D eigenvalue weighted by Crippen LogP contribution is -2.45. The van der Waals surface area contributed by atoms with Crippen LogP contribution in [0.15, 0.2) is 48.5 Å². The Bertz CT molecular complexity index is 698. The lowest BCUT2D eigenvalue weighted by molar-refractivity contribution is -0.131. The predicted molar refractivity (Wildman–Crippen MR) is 91.4 cm³/mol. The quantitative estimate of drug-likeness (QED) is 0.745. The van der Waals surface area contributed by atoms with Crippen molar-refractivity contribution in [1.82, 2.24) is 10.9 Å². The average molecular weight is 344 g/mol. The van der Waals surface area contributed by atoms with Crippen molar-refractivity contribution in [3.05, 3.63) is 54.1 Å². The molecule has 0 unspecified atom stereocenters. The van der Waals surface area contributed by atoms with Crippen molar-refractivity contribution in [2.75, 3.05) is 20.3 Å². The third-order valence-corrected chi connectivity index (χ3v) is 3.16. The fourth-order valence-electron chi connectivity index (χ4n) is 1.82. The minimum Gasteiger partial charge on any atom is -0.497 e. The molecule has 0 bridgehead atoms. The van der Waals surface area contributed by atoms with Crippen LogP contribution in [0.3, 0.4) is 0 Å². The first-order valence-electron chi connectivity index (χ1n) is 7.61. The molecular formula is C18H20N2O5. The van der Waals surface area contributed by atoms with Crippen molar-refractivity contribution in [3.8, 4) is 17.2 Å². The van der Waals surface area contributed by atoms with Crippen LogP contribution in [0.1, 0.15) is 5.56 Å². The number of methoxy groups -OCH3 is 1. The molecule has 7 heteroatoms. The number of hydrogen-bond donors (Lipinski definition) is 2. The molecule has 0 aliphatic carbocycles. The second-order valence-corrected chi connectivity index (χ2v) is 5.16. The number of amides is 2. The van der Waals surface area contributed by atoms with Gasteiger partial charge < -0.3 is 14.2 Å². The lowest BCUT2D eigenvalue weighted by atomic mass is 10.2. The molecule has 25 heavy (non-hydrogen) atoms. The number of ether oxygens (including phenoxy) is 3. The number of carbonyl (C=O) groups is 2.